The first kappa shape index (κ1) is 16.1. The first-order valence-electron chi connectivity index (χ1n) is 6.04. The lowest BCUT2D eigenvalue weighted by Crippen LogP contribution is -2.09. The van der Waals surface area contributed by atoms with Crippen LogP contribution in [0.1, 0.15) is 18.5 Å². The number of nitro benzene ring substituents is 1. The van der Waals surface area contributed by atoms with Gasteiger partial charge in [-0.1, -0.05) is 39.1 Å². The number of halogens is 3. The fraction of sp³-hybridized carbons (Fsp3) is 0.143. The average Bonchev–Trinajstić information content (AvgIpc) is 2.43. The lowest BCUT2D eigenvalue weighted by Gasteiger charge is -2.17. The maximum Gasteiger partial charge on any atom is 0.293 e. The van der Waals surface area contributed by atoms with Crippen LogP contribution in [0.25, 0.3) is 0 Å². The van der Waals surface area contributed by atoms with E-state index in [2.05, 4.69) is 21.2 Å². The van der Waals surface area contributed by atoms with E-state index in [1.54, 1.807) is 30.3 Å². The molecule has 0 aliphatic carbocycles. The summed E-state index contributed by atoms with van der Waals surface area (Å²) in [6.45, 7) is 1.86. The van der Waals surface area contributed by atoms with E-state index in [1.807, 2.05) is 6.92 Å². The van der Waals surface area contributed by atoms with Crippen molar-refractivity contribution in [2.24, 2.45) is 0 Å². The van der Waals surface area contributed by atoms with E-state index in [4.69, 9.17) is 23.2 Å². The number of benzene rings is 2. The molecule has 0 aromatic heterocycles. The van der Waals surface area contributed by atoms with E-state index in [0.29, 0.717) is 20.2 Å². The minimum absolute atomic E-state index is 0.00521. The van der Waals surface area contributed by atoms with E-state index < -0.39 is 4.92 Å². The highest BCUT2D eigenvalue weighted by Gasteiger charge is 2.18. The molecule has 0 aliphatic rings. The third kappa shape index (κ3) is 3.87. The smallest absolute Gasteiger partial charge is 0.293 e. The Kier molecular flexibility index (Phi) is 5.08. The van der Waals surface area contributed by atoms with Crippen molar-refractivity contribution >= 4 is 50.5 Å². The summed E-state index contributed by atoms with van der Waals surface area (Å²) in [5.74, 6) is 0. The minimum atomic E-state index is -0.431. The lowest BCUT2D eigenvalue weighted by atomic mass is 10.1. The molecule has 1 N–H and O–H groups in total. The second-order valence-corrected chi connectivity index (χ2v) is 6.21. The van der Waals surface area contributed by atoms with Crippen LogP contribution in [0.4, 0.5) is 11.4 Å². The molecule has 21 heavy (non-hydrogen) atoms. The maximum atomic E-state index is 11.1. The van der Waals surface area contributed by atoms with Gasteiger partial charge in [-0.2, -0.15) is 0 Å². The molecule has 4 nitrogen and oxygen atoms in total. The number of nitrogens with zero attached hydrogens (tertiary/aromatic N) is 1. The SMILES string of the molecule is CC(Nc1ccc(Br)cc1[N+](=O)[O-])c1cc(Cl)ccc1Cl. The molecule has 0 heterocycles. The molecule has 7 heteroatoms. The predicted octanol–water partition coefficient (Wildman–Crippen LogP) is 5.84. The Morgan fingerprint density at radius 2 is 1.95 bits per heavy atom. The van der Waals surface area contributed by atoms with E-state index in [-0.39, 0.29) is 11.7 Å². The molecule has 110 valence electrons. The molecule has 1 unspecified atom stereocenters. The molecule has 0 bridgehead atoms. The number of rotatable bonds is 4. The van der Waals surface area contributed by atoms with Gasteiger partial charge in [0.05, 0.1) is 11.0 Å². The second kappa shape index (κ2) is 6.64. The van der Waals surface area contributed by atoms with Gasteiger partial charge in [-0.15, -0.1) is 0 Å². The molecular formula is C14H11BrCl2N2O2. The van der Waals surface area contributed by atoms with Crippen LogP contribution < -0.4 is 5.32 Å². The minimum Gasteiger partial charge on any atom is -0.373 e. The van der Waals surface area contributed by atoms with Crippen molar-refractivity contribution in [3.63, 3.8) is 0 Å². The van der Waals surface area contributed by atoms with Gasteiger partial charge >= 0.3 is 0 Å². The van der Waals surface area contributed by atoms with Gasteiger partial charge in [0.1, 0.15) is 5.69 Å². The van der Waals surface area contributed by atoms with Gasteiger partial charge in [0.2, 0.25) is 0 Å². The van der Waals surface area contributed by atoms with Crippen molar-refractivity contribution < 1.29 is 4.92 Å². The fourth-order valence-electron chi connectivity index (χ4n) is 1.94. The summed E-state index contributed by atoms with van der Waals surface area (Å²) in [5, 5.41) is 15.3. The Hall–Kier alpha value is -1.30. The maximum absolute atomic E-state index is 11.1. The van der Waals surface area contributed by atoms with Crippen molar-refractivity contribution in [3.8, 4) is 0 Å². The Balaban J connectivity index is 2.33. The molecular weight excluding hydrogens is 379 g/mol. The molecule has 0 saturated heterocycles. The zero-order valence-electron chi connectivity index (χ0n) is 10.9. The Morgan fingerprint density at radius 1 is 1.24 bits per heavy atom. The summed E-state index contributed by atoms with van der Waals surface area (Å²) in [6, 6.07) is 9.76. The molecule has 0 amide bonds. The summed E-state index contributed by atoms with van der Waals surface area (Å²) in [4.78, 5) is 10.7. The standard InChI is InChI=1S/C14H11BrCl2N2O2/c1-8(11-7-10(16)3-4-12(11)17)18-13-5-2-9(15)6-14(13)19(20)21/h2-8,18H,1H3. The Morgan fingerprint density at radius 3 is 2.62 bits per heavy atom. The summed E-state index contributed by atoms with van der Waals surface area (Å²) in [5.41, 5.74) is 1.20. The Labute approximate surface area is 140 Å². The Bertz CT molecular complexity index is 695. The molecule has 0 spiro atoms. The van der Waals surface area contributed by atoms with Crippen LogP contribution >= 0.6 is 39.1 Å². The first-order valence-corrected chi connectivity index (χ1v) is 7.59. The second-order valence-electron chi connectivity index (χ2n) is 4.45. The highest BCUT2D eigenvalue weighted by molar-refractivity contribution is 9.10. The number of hydrogen-bond donors (Lipinski definition) is 1. The van der Waals surface area contributed by atoms with Crippen LogP contribution in [0.15, 0.2) is 40.9 Å². The van der Waals surface area contributed by atoms with Crippen LogP contribution in [0, 0.1) is 10.1 Å². The zero-order chi connectivity index (χ0) is 15.6. The van der Waals surface area contributed by atoms with Gasteiger partial charge in [-0.25, -0.2) is 0 Å². The third-order valence-corrected chi connectivity index (χ3v) is 4.03. The van der Waals surface area contributed by atoms with Crippen molar-refractivity contribution in [1.29, 1.82) is 0 Å². The highest BCUT2D eigenvalue weighted by atomic mass is 79.9. The average molecular weight is 390 g/mol. The zero-order valence-corrected chi connectivity index (χ0v) is 14.0. The van der Waals surface area contributed by atoms with Crippen molar-refractivity contribution in [3.05, 3.63) is 66.6 Å². The molecule has 2 aromatic rings. The normalized spacial score (nSPS) is 12.0. The summed E-state index contributed by atoms with van der Waals surface area (Å²) >= 11 is 15.3. The summed E-state index contributed by atoms with van der Waals surface area (Å²) in [7, 11) is 0. The van der Waals surface area contributed by atoms with Crippen molar-refractivity contribution in [1.82, 2.24) is 0 Å². The predicted molar refractivity (Wildman–Crippen MR) is 89.3 cm³/mol. The topological polar surface area (TPSA) is 55.2 Å². The lowest BCUT2D eigenvalue weighted by molar-refractivity contribution is -0.384. The summed E-state index contributed by atoms with van der Waals surface area (Å²) in [6.07, 6.45) is 0. The van der Waals surface area contributed by atoms with Crippen LogP contribution in [0.3, 0.4) is 0 Å². The van der Waals surface area contributed by atoms with Gasteiger partial charge in [-0.05, 0) is 42.8 Å². The first-order chi connectivity index (χ1) is 9.88. The van der Waals surface area contributed by atoms with Gasteiger partial charge in [0.15, 0.2) is 0 Å². The van der Waals surface area contributed by atoms with E-state index in [1.165, 1.54) is 6.07 Å². The van der Waals surface area contributed by atoms with Gasteiger partial charge < -0.3 is 5.32 Å². The number of hydrogen-bond acceptors (Lipinski definition) is 3. The van der Waals surface area contributed by atoms with Crippen molar-refractivity contribution in [2.75, 3.05) is 5.32 Å². The van der Waals surface area contributed by atoms with Crippen LogP contribution in [-0.4, -0.2) is 4.92 Å². The van der Waals surface area contributed by atoms with E-state index >= 15 is 0 Å². The highest BCUT2D eigenvalue weighted by Crippen LogP contribution is 2.33. The third-order valence-electron chi connectivity index (χ3n) is 2.95. The van der Waals surface area contributed by atoms with E-state index in [9.17, 15) is 10.1 Å². The molecule has 1 atom stereocenters. The summed E-state index contributed by atoms with van der Waals surface area (Å²) < 4.78 is 0.646. The molecule has 0 fully saturated rings. The molecule has 2 rings (SSSR count). The number of nitro groups is 1. The van der Waals surface area contributed by atoms with Crippen LogP contribution in [0.5, 0.6) is 0 Å². The number of nitrogens with one attached hydrogen (secondary N) is 1. The molecule has 0 saturated carbocycles. The number of anilines is 1. The van der Waals surface area contributed by atoms with E-state index in [0.717, 1.165) is 5.56 Å². The van der Waals surface area contributed by atoms with Gasteiger partial charge in [0, 0.05) is 20.6 Å². The molecule has 0 aliphatic heterocycles. The van der Waals surface area contributed by atoms with Gasteiger partial charge in [0.25, 0.3) is 5.69 Å². The largest absolute Gasteiger partial charge is 0.373 e. The quantitative estimate of drug-likeness (QED) is 0.528. The fourth-order valence-corrected chi connectivity index (χ4v) is 2.75. The van der Waals surface area contributed by atoms with Crippen LogP contribution in [0.2, 0.25) is 10.0 Å². The van der Waals surface area contributed by atoms with Crippen LogP contribution in [-0.2, 0) is 0 Å². The molecule has 2 aromatic carbocycles. The van der Waals surface area contributed by atoms with Gasteiger partial charge in [-0.3, -0.25) is 10.1 Å². The molecule has 0 radical (unpaired) electrons. The monoisotopic (exact) mass is 388 g/mol. The van der Waals surface area contributed by atoms with Crippen molar-refractivity contribution in [2.45, 2.75) is 13.0 Å².